The molecule has 0 heterocycles. The third-order valence-corrected chi connectivity index (χ3v) is 2.31. The van der Waals surface area contributed by atoms with Gasteiger partial charge in [-0.3, -0.25) is 5.43 Å². The summed E-state index contributed by atoms with van der Waals surface area (Å²) in [6, 6.07) is 5.42. The molecule has 1 aromatic carbocycles. The largest absolute Gasteiger partial charge is 0.508 e. The quantitative estimate of drug-likeness (QED) is 0.426. The molecule has 5 heteroatoms. The summed E-state index contributed by atoms with van der Waals surface area (Å²) in [7, 11) is 0. The third-order valence-electron chi connectivity index (χ3n) is 2.22. The van der Waals surface area contributed by atoms with E-state index in [-0.39, 0.29) is 16.3 Å². The van der Waals surface area contributed by atoms with Crippen molar-refractivity contribution in [3.63, 3.8) is 0 Å². The molecule has 17 heavy (non-hydrogen) atoms. The summed E-state index contributed by atoms with van der Waals surface area (Å²) < 4.78 is 0. The number of rotatable bonds is 2. The van der Waals surface area contributed by atoms with Crippen LogP contribution in [-0.4, -0.2) is 16.4 Å². The minimum absolute atomic E-state index is 0.0865. The molecule has 4 nitrogen and oxygen atoms in total. The molecule has 0 aromatic heterocycles. The Morgan fingerprint density at radius 3 is 2.59 bits per heavy atom. The molecule has 0 spiro atoms. The van der Waals surface area contributed by atoms with E-state index >= 15 is 0 Å². The SMILES string of the molecule is CC(C)(C)c1ccc(C=NNC(N)=S)cc1O. The number of nitrogens with one attached hydrogen (secondary N) is 1. The average Bonchev–Trinajstić information content (AvgIpc) is 2.14. The predicted molar refractivity (Wildman–Crippen MR) is 74.3 cm³/mol. The minimum Gasteiger partial charge on any atom is -0.508 e. The number of phenols is 1. The maximum Gasteiger partial charge on any atom is 0.184 e. The highest BCUT2D eigenvalue weighted by atomic mass is 32.1. The summed E-state index contributed by atoms with van der Waals surface area (Å²) in [5.41, 5.74) is 9.27. The van der Waals surface area contributed by atoms with Gasteiger partial charge in [0.2, 0.25) is 0 Å². The summed E-state index contributed by atoms with van der Waals surface area (Å²) in [6.07, 6.45) is 1.55. The summed E-state index contributed by atoms with van der Waals surface area (Å²) in [4.78, 5) is 0. The molecule has 4 N–H and O–H groups in total. The monoisotopic (exact) mass is 251 g/mol. The molecule has 92 valence electrons. The minimum atomic E-state index is -0.0865. The number of nitrogens with zero attached hydrogens (tertiary/aromatic N) is 1. The number of hydrogen-bond donors (Lipinski definition) is 3. The number of phenolic OH excluding ortho intramolecular Hbond substituents is 1. The summed E-state index contributed by atoms with van der Waals surface area (Å²) in [5.74, 6) is 0.261. The second-order valence-electron chi connectivity index (χ2n) is 4.76. The first-order valence-electron chi connectivity index (χ1n) is 5.22. The first-order chi connectivity index (χ1) is 7.80. The van der Waals surface area contributed by atoms with E-state index in [1.807, 2.05) is 32.9 Å². The lowest BCUT2D eigenvalue weighted by molar-refractivity contribution is 0.446. The van der Waals surface area contributed by atoms with Crippen LogP contribution in [0.15, 0.2) is 23.3 Å². The van der Waals surface area contributed by atoms with E-state index in [4.69, 9.17) is 5.73 Å². The van der Waals surface area contributed by atoms with Crippen LogP contribution in [-0.2, 0) is 5.41 Å². The maximum absolute atomic E-state index is 9.90. The normalized spacial score (nSPS) is 11.7. The Morgan fingerprint density at radius 2 is 2.12 bits per heavy atom. The van der Waals surface area contributed by atoms with Gasteiger partial charge in [0.15, 0.2) is 5.11 Å². The molecule has 1 rings (SSSR count). The zero-order chi connectivity index (χ0) is 13.1. The third kappa shape index (κ3) is 4.03. The standard InChI is InChI=1S/C12H17N3OS/c1-12(2,3)9-5-4-8(6-10(9)16)7-14-15-11(13)17/h4-7,16H,1-3H3,(H3,13,15,17). The van der Waals surface area contributed by atoms with Crippen LogP contribution in [0.5, 0.6) is 5.75 Å². The van der Waals surface area contributed by atoms with Crippen molar-refractivity contribution in [3.8, 4) is 5.75 Å². The lowest BCUT2D eigenvalue weighted by Crippen LogP contribution is -2.24. The Kier molecular flexibility index (Phi) is 4.07. The van der Waals surface area contributed by atoms with Crippen molar-refractivity contribution in [1.29, 1.82) is 0 Å². The van der Waals surface area contributed by atoms with Crippen molar-refractivity contribution in [2.24, 2.45) is 10.8 Å². The number of aromatic hydroxyl groups is 1. The number of thiocarbonyl (C=S) groups is 1. The van der Waals surface area contributed by atoms with Crippen LogP contribution < -0.4 is 11.2 Å². The Bertz CT molecular complexity index is 450. The van der Waals surface area contributed by atoms with Gasteiger partial charge in [0.1, 0.15) is 5.75 Å². The molecule has 0 fully saturated rings. The van der Waals surface area contributed by atoms with Gasteiger partial charge in [0.05, 0.1) is 6.21 Å². The Hall–Kier alpha value is -1.62. The van der Waals surface area contributed by atoms with E-state index in [2.05, 4.69) is 22.7 Å². The number of hydrogen-bond acceptors (Lipinski definition) is 3. The number of benzene rings is 1. The van der Waals surface area contributed by atoms with Gasteiger partial charge in [-0.1, -0.05) is 32.9 Å². The van der Waals surface area contributed by atoms with E-state index in [0.717, 1.165) is 11.1 Å². The molecule has 0 atom stereocenters. The van der Waals surface area contributed by atoms with E-state index in [9.17, 15) is 5.11 Å². The van der Waals surface area contributed by atoms with Crippen LogP contribution in [0.2, 0.25) is 0 Å². The number of nitrogens with two attached hydrogens (primary N) is 1. The van der Waals surface area contributed by atoms with Crippen LogP contribution in [0.3, 0.4) is 0 Å². The van der Waals surface area contributed by atoms with Crippen molar-refractivity contribution < 1.29 is 5.11 Å². The fourth-order valence-electron chi connectivity index (χ4n) is 1.43. The smallest absolute Gasteiger partial charge is 0.184 e. The second kappa shape index (κ2) is 5.14. The van der Waals surface area contributed by atoms with Gasteiger partial charge in [-0.25, -0.2) is 0 Å². The first-order valence-corrected chi connectivity index (χ1v) is 5.63. The Morgan fingerprint density at radius 1 is 1.47 bits per heavy atom. The lowest BCUT2D eigenvalue weighted by Gasteiger charge is -2.20. The van der Waals surface area contributed by atoms with Crippen molar-refractivity contribution in [2.75, 3.05) is 0 Å². The van der Waals surface area contributed by atoms with Crippen LogP contribution in [0.1, 0.15) is 31.9 Å². The van der Waals surface area contributed by atoms with Crippen LogP contribution in [0.25, 0.3) is 0 Å². The molecular formula is C12H17N3OS. The fraction of sp³-hybridized carbons (Fsp3) is 0.333. The van der Waals surface area contributed by atoms with Crippen LogP contribution in [0.4, 0.5) is 0 Å². The summed E-state index contributed by atoms with van der Waals surface area (Å²) in [6.45, 7) is 6.14. The highest BCUT2D eigenvalue weighted by Crippen LogP contribution is 2.30. The van der Waals surface area contributed by atoms with E-state index in [1.54, 1.807) is 12.3 Å². The lowest BCUT2D eigenvalue weighted by atomic mass is 9.86. The molecule has 0 aliphatic heterocycles. The zero-order valence-corrected chi connectivity index (χ0v) is 11.0. The van der Waals surface area contributed by atoms with Gasteiger partial charge < -0.3 is 10.8 Å². The predicted octanol–water partition coefficient (Wildman–Crippen LogP) is 1.86. The highest BCUT2D eigenvalue weighted by Gasteiger charge is 2.17. The zero-order valence-electron chi connectivity index (χ0n) is 10.2. The molecule has 0 unspecified atom stereocenters. The van der Waals surface area contributed by atoms with E-state index in [0.29, 0.717) is 0 Å². The van der Waals surface area contributed by atoms with Crippen LogP contribution in [0, 0.1) is 0 Å². The molecule has 0 amide bonds. The summed E-state index contributed by atoms with van der Waals surface area (Å²) >= 11 is 4.61. The molecule has 0 radical (unpaired) electrons. The fourth-order valence-corrected chi connectivity index (χ4v) is 1.49. The van der Waals surface area contributed by atoms with Gasteiger partial charge in [-0.15, -0.1) is 0 Å². The molecule has 1 aromatic rings. The Balaban J connectivity index is 2.90. The van der Waals surface area contributed by atoms with E-state index in [1.165, 1.54) is 0 Å². The molecule has 0 bridgehead atoms. The first kappa shape index (κ1) is 13.4. The molecule has 0 aliphatic carbocycles. The van der Waals surface area contributed by atoms with Crippen molar-refractivity contribution >= 4 is 23.5 Å². The van der Waals surface area contributed by atoms with Gasteiger partial charge in [0.25, 0.3) is 0 Å². The second-order valence-corrected chi connectivity index (χ2v) is 5.20. The topological polar surface area (TPSA) is 70.6 Å². The Labute approximate surface area is 107 Å². The molecule has 0 saturated carbocycles. The average molecular weight is 251 g/mol. The van der Waals surface area contributed by atoms with Crippen molar-refractivity contribution in [2.45, 2.75) is 26.2 Å². The maximum atomic E-state index is 9.90. The van der Waals surface area contributed by atoms with Gasteiger partial charge in [-0.05, 0) is 34.8 Å². The number of hydrazone groups is 1. The summed E-state index contributed by atoms with van der Waals surface area (Å²) in [5, 5.41) is 13.8. The molecular weight excluding hydrogens is 234 g/mol. The molecule has 0 aliphatic rings. The highest BCUT2D eigenvalue weighted by molar-refractivity contribution is 7.80. The van der Waals surface area contributed by atoms with Crippen LogP contribution >= 0.6 is 12.2 Å². The van der Waals surface area contributed by atoms with Crippen molar-refractivity contribution in [3.05, 3.63) is 29.3 Å². The van der Waals surface area contributed by atoms with Crippen molar-refractivity contribution in [1.82, 2.24) is 5.43 Å². The van der Waals surface area contributed by atoms with Gasteiger partial charge in [-0.2, -0.15) is 5.10 Å². The van der Waals surface area contributed by atoms with E-state index < -0.39 is 0 Å². The van der Waals surface area contributed by atoms with Gasteiger partial charge in [0, 0.05) is 0 Å². The molecule has 0 saturated heterocycles. The van der Waals surface area contributed by atoms with Gasteiger partial charge >= 0.3 is 0 Å².